The van der Waals surface area contributed by atoms with Crippen molar-refractivity contribution in [2.75, 3.05) is 17.7 Å². The number of hydrogen-bond donors (Lipinski definition) is 1. The molecule has 2 heterocycles. The van der Waals surface area contributed by atoms with Gasteiger partial charge < -0.3 is 10.6 Å². The second kappa shape index (κ2) is 5.09. The molecule has 1 aromatic carbocycles. The largest absolute Gasteiger partial charge is 0.399 e. The van der Waals surface area contributed by atoms with Crippen LogP contribution in [0.1, 0.15) is 11.3 Å². The Morgan fingerprint density at radius 1 is 1.29 bits per heavy atom. The Labute approximate surface area is 124 Å². The van der Waals surface area contributed by atoms with Crippen molar-refractivity contribution < 1.29 is 0 Å². The lowest BCUT2D eigenvalue weighted by atomic mass is 10.1. The van der Waals surface area contributed by atoms with Gasteiger partial charge in [0.15, 0.2) is 0 Å². The molecule has 0 aliphatic heterocycles. The van der Waals surface area contributed by atoms with E-state index in [1.54, 1.807) is 0 Å². The molecule has 0 spiro atoms. The third-order valence-corrected chi connectivity index (χ3v) is 3.53. The summed E-state index contributed by atoms with van der Waals surface area (Å²) in [7, 11) is 4.00. The average molecular weight is 281 g/mol. The Morgan fingerprint density at radius 3 is 2.81 bits per heavy atom. The van der Waals surface area contributed by atoms with Gasteiger partial charge in [-0.15, -0.1) is 0 Å². The first kappa shape index (κ1) is 13.4. The normalized spacial score (nSPS) is 11.0. The maximum atomic E-state index is 5.93. The van der Waals surface area contributed by atoms with E-state index < -0.39 is 0 Å². The van der Waals surface area contributed by atoms with Crippen LogP contribution in [0.25, 0.3) is 10.9 Å². The van der Waals surface area contributed by atoms with Crippen LogP contribution in [0.5, 0.6) is 0 Å². The topological polar surface area (TPSA) is 60.0 Å². The van der Waals surface area contributed by atoms with Gasteiger partial charge in [-0.2, -0.15) is 5.10 Å². The van der Waals surface area contributed by atoms with E-state index in [9.17, 15) is 0 Å². The predicted molar refractivity (Wildman–Crippen MR) is 86.2 cm³/mol. The SMILES string of the molecule is Cc1cc(N(C)Cc2cnn(C)c2)c2cc(N)ccc2n1. The molecular formula is C16H19N5. The van der Waals surface area contributed by atoms with Gasteiger partial charge >= 0.3 is 0 Å². The molecule has 0 bridgehead atoms. The van der Waals surface area contributed by atoms with Crippen molar-refractivity contribution in [2.45, 2.75) is 13.5 Å². The second-order valence-electron chi connectivity index (χ2n) is 5.44. The lowest BCUT2D eigenvalue weighted by molar-refractivity contribution is 0.766. The van der Waals surface area contributed by atoms with Gasteiger partial charge in [0.25, 0.3) is 0 Å². The van der Waals surface area contributed by atoms with Crippen LogP contribution in [0, 0.1) is 6.92 Å². The third kappa shape index (κ3) is 2.67. The van der Waals surface area contributed by atoms with Crippen LogP contribution in [0.3, 0.4) is 0 Å². The highest BCUT2D eigenvalue weighted by atomic mass is 15.2. The molecule has 0 unspecified atom stereocenters. The molecule has 0 fully saturated rings. The van der Waals surface area contributed by atoms with E-state index >= 15 is 0 Å². The quantitative estimate of drug-likeness (QED) is 0.749. The molecular weight excluding hydrogens is 262 g/mol. The van der Waals surface area contributed by atoms with Crippen LogP contribution in [0.4, 0.5) is 11.4 Å². The van der Waals surface area contributed by atoms with Crippen molar-refractivity contribution in [1.82, 2.24) is 14.8 Å². The zero-order valence-corrected chi connectivity index (χ0v) is 12.5. The van der Waals surface area contributed by atoms with E-state index in [0.29, 0.717) is 0 Å². The molecule has 0 amide bonds. The minimum Gasteiger partial charge on any atom is -0.399 e. The number of nitrogen functional groups attached to an aromatic ring is 1. The summed E-state index contributed by atoms with van der Waals surface area (Å²) in [5.74, 6) is 0. The molecule has 0 saturated heterocycles. The first-order chi connectivity index (χ1) is 10.0. The lowest BCUT2D eigenvalue weighted by Crippen LogP contribution is -2.17. The number of pyridine rings is 1. The van der Waals surface area contributed by atoms with Crippen molar-refractivity contribution >= 4 is 22.3 Å². The number of fused-ring (bicyclic) bond motifs is 1. The Balaban J connectivity index is 2.03. The summed E-state index contributed by atoms with van der Waals surface area (Å²) < 4.78 is 1.82. The summed E-state index contributed by atoms with van der Waals surface area (Å²) in [6, 6.07) is 7.94. The summed E-state index contributed by atoms with van der Waals surface area (Å²) in [4.78, 5) is 6.77. The van der Waals surface area contributed by atoms with Gasteiger partial charge in [-0.1, -0.05) is 0 Å². The molecule has 0 saturated carbocycles. The summed E-state index contributed by atoms with van der Waals surface area (Å²) >= 11 is 0. The van der Waals surface area contributed by atoms with Crippen LogP contribution >= 0.6 is 0 Å². The maximum Gasteiger partial charge on any atom is 0.0727 e. The summed E-state index contributed by atoms with van der Waals surface area (Å²) in [5, 5.41) is 5.29. The van der Waals surface area contributed by atoms with Crippen molar-refractivity contribution in [1.29, 1.82) is 0 Å². The zero-order chi connectivity index (χ0) is 15.0. The number of aromatic nitrogens is 3. The van der Waals surface area contributed by atoms with E-state index in [-0.39, 0.29) is 0 Å². The Hall–Kier alpha value is -2.56. The number of aryl methyl sites for hydroxylation is 2. The first-order valence-corrected chi connectivity index (χ1v) is 6.88. The van der Waals surface area contributed by atoms with E-state index in [4.69, 9.17) is 5.73 Å². The van der Waals surface area contributed by atoms with E-state index in [2.05, 4.69) is 28.1 Å². The Kier molecular flexibility index (Phi) is 3.25. The van der Waals surface area contributed by atoms with Crippen molar-refractivity contribution in [2.24, 2.45) is 7.05 Å². The first-order valence-electron chi connectivity index (χ1n) is 6.88. The predicted octanol–water partition coefficient (Wildman–Crippen LogP) is 2.50. The number of benzene rings is 1. The standard InChI is InChI=1S/C16H19N5/c1-11-6-16(14-7-13(17)4-5-15(14)19-11)20(2)9-12-8-18-21(3)10-12/h4-8,10H,9,17H2,1-3H3. The smallest absolute Gasteiger partial charge is 0.0727 e. The van der Waals surface area contributed by atoms with Crippen molar-refractivity contribution in [3.63, 3.8) is 0 Å². The molecule has 0 aliphatic rings. The maximum absolute atomic E-state index is 5.93. The average Bonchev–Trinajstić information content (AvgIpc) is 2.83. The molecule has 5 nitrogen and oxygen atoms in total. The summed E-state index contributed by atoms with van der Waals surface area (Å²) in [6.07, 6.45) is 3.92. The second-order valence-corrected chi connectivity index (χ2v) is 5.44. The van der Waals surface area contributed by atoms with Crippen LogP contribution in [0.2, 0.25) is 0 Å². The van der Waals surface area contributed by atoms with Crippen LogP contribution in [-0.2, 0) is 13.6 Å². The van der Waals surface area contributed by atoms with Crippen LogP contribution < -0.4 is 10.6 Å². The van der Waals surface area contributed by atoms with E-state index in [1.165, 1.54) is 5.56 Å². The Morgan fingerprint density at radius 2 is 2.10 bits per heavy atom. The highest BCUT2D eigenvalue weighted by Gasteiger charge is 2.10. The number of nitrogens with zero attached hydrogens (tertiary/aromatic N) is 4. The van der Waals surface area contributed by atoms with Gasteiger partial charge in [-0.25, -0.2) is 0 Å². The molecule has 21 heavy (non-hydrogen) atoms. The number of anilines is 2. The van der Waals surface area contributed by atoms with Gasteiger partial charge in [0.1, 0.15) is 0 Å². The molecule has 0 atom stereocenters. The monoisotopic (exact) mass is 281 g/mol. The molecule has 3 aromatic rings. The fraction of sp³-hybridized carbons (Fsp3) is 0.250. The van der Waals surface area contributed by atoms with Gasteiger partial charge in [0.05, 0.1) is 11.7 Å². The molecule has 0 radical (unpaired) electrons. The number of hydrogen-bond acceptors (Lipinski definition) is 4. The molecule has 0 aliphatic carbocycles. The van der Waals surface area contributed by atoms with Gasteiger partial charge in [0.2, 0.25) is 0 Å². The number of nitrogens with two attached hydrogens (primary N) is 1. The van der Waals surface area contributed by atoms with E-state index in [0.717, 1.165) is 34.5 Å². The summed E-state index contributed by atoms with van der Waals surface area (Å²) in [6.45, 7) is 2.80. The van der Waals surface area contributed by atoms with Gasteiger partial charge in [0, 0.05) is 54.9 Å². The molecule has 2 N–H and O–H groups in total. The minimum atomic E-state index is 0.754. The van der Waals surface area contributed by atoms with Gasteiger partial charge in [-0.05, 0) is 31.2 Å². The van der Waals surface area contributed by atoms with Crippen LogP contribution in [-0.4, -0.2) is 21.8 Å². The van der Waals surface area contributed by atoms with Crippen molar-refractivity contribution in [3.05, 3.63) is 47.9 Å². The summed E-state index contributed by atoms with van der Waals surface area (Å²) in [5.41, 5.74) is 11.0. The van der Waals surface area contributed by atoms with Gasteiger partial charge in [-0.3, -0.25) is 9.67 Å². The highest BCUT2D eigenvalue weighted by Crippen LogP contribution is 2.28. The zero-order valence-electron chi connectivity index (χ0n) is 12.5. The molecule has 5 heteroatoms. The van der Waals surface area contributed by atoms with E-state index in [1.807, 2.05) is 49.2 Å². The minimum absolute atomic E-state index is 0.754. The third-order valence-electron chi connectivity index (χ3n) is 3.53. The molecule has 108 valence electrons. The highest BCUT2D eigenvalue weighted by molar-refractivity contribution is 5.93. The fourth-order valence-corrected chi connectivity index (χ4v) is 2.58. The Bertz CT molecular complexity index is 790. The van der Waals surface area contributed by atoms with Crippen LogP contribution in [0.15, 0.2) is 36.7 Å². The van der Waals surface area contributed by atoms with Crippen molar-refractivity contribution in [3.8, 4) is 0 Å². The molecule has 3 rings (SSSR count). The number of rotatable bonds is 3. The lowest BCUT2D eigenvalue weighted by Gasteiger charge is -2.21. The molecule has 2 aromatic heterocycles. The fourth-order valence-electron chi connectivity index (χ4n) is 2.58.